The van der Waals surface area contributed by atoms with Crippen molar-refractivity contribution in [3.05, 3.63) is 53.0 Å². The maximum absolute atomic E-state index is 12.4. The Kier molecular flexibility index (Phi) is 4.07. The molecule has 3 rings (SSSR count). The number of aromatic amines is 1. The molecule has 1 amide bonds. The van der Waals surface area contributed by atoms with E-state index in [9.17, 15) is 14.7 Å². The van der Waals surface area contributed by atoms with Gasteiger partial charge in [0.15, 0.2) is 0 Å². The lowest BCUT2D eigenvalue weighted by molar-refractivity contribution is -0.139. The van der Waals surface area contributed by atoms with Crippen LogP contribution in [0.15, 0.2) is 35.0 Å². The number of carbonyl (C=O) groups is 2. The largest absolute Gasteiger partial charge is 0.480 e. The Morgan fingerprint density at radius 1 is 1.33 bits per heavy atom. The molecule has 0 saturated carbocycles. The van der Waals surface area contributed by atoms with Crippen molar-refractivity contribution in [2.24, 2.45) is 0 Å². The molecule has 24 heavy (non-hydrogen) atoms. The number of H-pyrrole nitrogens is 1. The molecule has 0 saturated heterocycles. The third-order valence-corrected chi connectivity index (χ3v) is 3.96. The van der Waals surface area contributed by atoms with E-state index in [-0.39, 0.29) is 12.0 Å². The minimum absolute atomic E-state index is 0.175. The second-order valence-corrected chi connectivity index (χ2v) is 5.63. The van der Waals surface area contributed by atoms with Crippen LogP contribution >= 0.6 is 0 Å². The van der Waals surface area contributed by atoms with Crippen molar-refractivity contribution >= 4 is 22.8 Å². The van der Waals surface area contributed by atoms with Crippen LogP contribution in [0, 0.1) is 13.8 Å². The predicted octanol–water partition coefficient (Wildman–Crippen LogP) is 2.20. The van der Waals surface area contributed by atoms with Gasteiger partial charge in [0.2, 0.25) is 0 Å². The van der Waals surface area contributed by atoms with E-state index < -0.39 is 17.9 Å². The van der Waals surface area contributed by atoms with Gasteiger partial charge in [-0.1, -0.05) is 23.4 Å². The van der Waals surface area contributed by atoms with Crippen LogP contribution in [-0.4, -0.2) is 33.2 Å². The van der Waals surface area contributed by atoms with Gasteiger partial charge >= 0.3 is 5.97 Å². The van der Waals surface area contributed by atoms with E-state index in [2.05, 4.69) is 15.5 Å². The molecule has 0 aliphatic carbocycles. The van der Waals surface area contributed by atoms with E-state index in [0.717, 1.165) is 16.5 Å². The Balaban J connectivity index is 1.83. The quantitative estimate of drug-likeness (QED) is 0.666. The Morgan fingerprint density at radius 2 is 2.08 bits per heavy atom. The number of aromatic nitrogens is 2. The molecule has 0 aliphatic rings. The van der Waals surface area contributed by atoms with E-state index in [1.807, 2.05) is 24.3 Å². The maximum atomic E-state index is 12.4. The van der Waals surface area contributed by atoms with E-state index in [4.69, 9.17) is 4.52 Å². The highest BCUT2D eigenvalue weighted by atomic mass is 16.5. The van der Waals surface area contributed by atoms with Crippen LogP contribution in [0.4, 0.5) is 0 Å². The van der Waals surface area contributed by atoms with Crippen LogP contribution < -0.4 is 5.32 Å². The molecule has 1 aromatic carbocycles. The molecule has 2 aromatic heterocycles. The molecule has 3 N–H and O–H groups in total. The Hall–Kier alpha value is -3.09. The lowest BCUT2D eigenvalue weighted by Crippen LogP contribution is -2.42. The number of benzene rings is 1. The lowest BCUT2D eigenvalue weighted by Gasteiger charge is -2.14. The molecular formula is C17H17N3O4. The van der Waals surface area contributed by atoms with Crippen molar-refractivity contribution in [1.29, 1.82) is 0 Å². The summed E-state index contributed by atoms with van der Waals surface area (Å²) in [5.41, 5.74) is 2.46. The molecule has 7 nitrogen and oxygen atoms in total. The number of nitrogens with one attached hydrogen (secondary N) is 2. The third kappa shape index (κ3) is 2.88. The molecule has 7 heteroatoms. The van der Waals surface area contributed by atoms with Crippen LogP contribution in [-0.2, 0) is 11.2 Å². The monoisotopic (exact) mass is 327 g/mol. The molecule has 0 bridgehead atoms. The SMILES string of the molecule is Cc1noc(C)c1C(=O)NC(Cc1c[nH]c2ccccc12)C(=O)O. The number of hydrogen-bond donors (Lipinski definition) is 3. The first-order valence-electron chi connectivity index (χ1n) is 7.49. The molecule has 0 spiro atoms. The summed E-state index contributed by atoms with van der Waals surface area (Å²) < 4.78 is 4.96. The van der Waals surface area contributed by atoms with Gasteiger partial charge in [0, 0.05) is 23.5 Å². The molecule has 0 aliphatic heterocycles. The normalized spacial score (nSPS) is 12.2. The Labute approximate surface area is 137 Å². The highest BCUT2D eigenvalue weighted by Gasteiger charge is 2.25. The van der Waals surface area contributed by atoms with Crippen molar-refractivity contribution in [3.63, 3.8) is 0 Å². The first kappa shape index (κ1) is 15.8. The molecule has 3 aromatic rings. The summed E-state index contributed by atoms with van der Waals surface area (Å²) in [6.45, 7) is 3.26. The number of rotatable bonds is 5. The van der Waals surface area contributed by atoms with Crippen LogP contribution in [0.25, 0.3) is 10.9 Å². The summed E-state index contributed by atoms with van der Waals surface area (Å²) in [5, 5.41) is 16.7. The minimum atomic E-state index is -1.10. The standard InChI is InChI=1S/C17H17N3O4/c1-9-15(10(2)24-20-9)16(21)19-14(17(22)23)7-11-8-18-13-6-4-3-5-12(11)13/h3-6,8,14,18H,7H2,1-2H3,(H,19,21)(H,22,23). The zero-order valence-corrected chi connectivity index (χ0v) is 13.3. The highest BCUT2D eigenvalue weighted by molar-refractivity contribution is 5.98. The number of aryl methyl sites for hydroxylation is 2. The van der Waals surface area contributed by atoms with Crippen LogP contribution in [0.3, 0.4) is 0 Å². The second kappa shape index (κ2) is 6.19. The molecule has 1 unspecified atom stereocenters. The highest BCUT2D eigenvalue weighted by Crippen LogP contribution is 2.19. The summed E-state index contributed by atoms with van der Waals surface area (Å²) in [4.78, 5) is 27.0. The smallest absolute Gasteiger partial charge is 0.326 e. The maximum Gasteiger partial charge on any atom is 0.326 e. The first-order valence-corrected chi connectivity index (χ1v) is 7.49. The van der Waals surface area contributed by atoms with E-state index in [0.29, 0.717) is 11.5 Å². The number of carboxylic acids is 1. The number of carboxylic acid groups (broad SMARTS) is 1. The van der Waals surface area contributed by atoms with Gasteiger partial charge in [0.1, 0.15) is 17.4 Å². The van der Waals surface area contributed by atoms with Gasteiger partial charge in [-0.05, 0) is 25.5 Å². The first-order chi connectivity index (χ1) is 11.5. The number of carbonyl (C=O) groups excluding carboxylic acids is 1. The topological polar surface area (TPSA) is 108 Å². The zero-order valence-electron chi connectivity index (χ0n) is 13.3. The Bertz CT molecular complexity index is 890. The number of fused-ring (bicyclic) bond motifs is 1. The van der Waals surface area contributed by atoms with Gasteiger partial charge in [-0.2, -0.15) is 0 Å². The van der Waals surface area contributed by atoms with E-state index >= 15 is 0 Å². The Morgan fingerprint density at radius 3 is 2.75 bits per heavy atom. The van der Waals surface area contributed by atoms with Crippen LogP contribution in [0.2, 0.25) is 0 Å². The van der Waals surface area contributed by atoms with Gasteiger partial charge in [0.25, 0.3) is 5.91 Å². The van der Waals surface area contributed by atoms with Gasteiger partial charge < -0.3 is 19.9 Å². The number of hydrogen-bond acceptors (Lipinski definition) is 4. The van der Waals surface area contributed by atoms with Gasteiger partial charge in [-0.25, -0.2) is 4.79 Å². The van der Waals surface area contributed by atoms with Crippen LogP contribution in [0.5, 0.6) is 0 Å². The summed E-state index contributed by atoms with van der Waals surface area (Å²) in [6.07, 6.45) is 1.94. The number of amides is 1. The zero-order chi connectivity index (χ0) is 17.3. The number of nitrogens with zero attached hydrogens (tertiary/aromatic N) is 1. The third-order valence-electron chi connectivity index (χ3n) is 3.96. The summed E-state index contributed by atoms with van der Waals surface area (Å²) in [6, 6.07) is 6.56. The van der Waals surface area contributed by atoms with Gasteiger partial charge in [-0.3, -0.25) is 4.79 Å². The molecule has 1 atom stereocenters. The number of para-hydroxylation sites is 1. The predicted molar refractivity (Wildman–Crippen MR) is 86.9 cm³/mol. The molecule has 124 valence electrons. The van der Waals surface area contributed by atoms with Gasteiger partial charge in [-0.15, -0.1) is 0 Å². The van der Waals surface area contributed by atoms with E-state index in [1.165, 1.54) is 0 Å². The van der Waals surface area contributed by atoms with Gasteiger partial charge in [0.05, 0.1) is 5.69 Å². The fraction of sp³-hybridized carbons (Fsp3) is 0.235. The van der Waals surface area contributed by atoms with Crippen molar-refractivity contribution in [3.8, 4) is 0 Å². The molecule has 0 radical (unpaired) electrons. The molecule has 0 fully saturated rings. The fourth-order valence-corrected chi connectivity index (χ4v) is 2.76. The average molecular weight is 327 g/mol. The van der Waals surface area contributed by atoms with Crippen molar-refractivity contribution in [1.82, 2.24) is 15.5 Å². The fourth-order valence-electron chi connectivity index (χ4n) is 2.76. The molecule has 2 heterocycles. The van der Waals surface area contributed by atoms with Crippen LogP contribution in [0.1, 0.15) is 27.4 Å². The average Bonchev–Trinajstić information content (AvgIpc) is 3.10. The molecular weight excluding hydrogens is 310 g/mol. The van der Waals surface area contributed by atoms with E-state index in [1.54, 1.807) is 20.0 Å². The van der Waals surface area contributed by atoms with Crippen molar-refractivity contribution in [2.75, 3.05) is 0 Å². The summed E-state index contributed by atoms with van der Waals surface area (Å²) >= 11 is 0. The minimum Gasteiger partial charge on any atom is -0.480 e. The summed E-state index contributed by atoms with van der Waals surface area (Å²) in [5.74, 6) is -1.24. The van der Waals surface area contributed by atoms with Crippen molar-refractivity contribution in [2.45, 2.75) is 26.3 Å². The lowest BCUT2D eigenvalue weighted by atomic mass is 10.0. The summed E-state index contributed by atoms with van der Waals surface area (Å²) in [7, 11) is 0. The second-order valence-electron chi connectivity index (χ2n) is 5.63. The number of aliphatic carboxylic acids is 1. The van der Waals surface area contributed by atoms with Crippen molar-refractivity contribution < 1.29 is 19.2 Å².